The zero-order valence-electron chi connectivity index (χ0n) is 19.1. The molecule has 2 amide bonds. The predicted molar refractivity (Wildman–Crippen MR) is 124 cm³/mol. The molecule has 3 N–H and O–H groups in total. The van der Waals surface area contributed by atoms with Gasteiger partial charge in [0.1, 0.15) is 11.3 Å². The Morgan fingerprint density at radius 1 is 1.03 bits per heavy atom. The molecule has 2 aliphatic heterocycles. The monoisotopic (exact) mass is 445 g/mol. The van der Waals surface area contributed by atoms with Gasteiger partial charge >= 0.3 is 0 Å². The van der Waals surface area contributed by atoms with Crippen LogP contribution in [0.25, 0.3) is 6.08 Å². The molecule has 8 heteroatoms. The molecule has 8 nitrogen and oxygen atoms in total. The van der Waals surface area contributed by atoms with Gasteiger partial charge in [-0.1, -0.05) is 0 Å². The van der Waals surface area contributed by atoms with Crippen LogP contribution in [0.1, 0.15) is 45.1 Å². The van der Waals surface area contributed by atoms with Gasteiger partial charge in [0.2, 0.25) is 0 Å². The van der Waals surface area contributed by atoms with Gasteiger partial charge in [0.25, 0.3) is 11.8 Å². The summed E-state index contributed by atoms with van der Waals surface area (Å²) in [6, 6.07) is 5.26. The number of phenolic OH excluding ortho intramolecular Hbond substituents is 1. The average molecular weight is 446 g/mol. The van der Waals surface area contributed by atoms with E-state index in [1.807, 2.05) is 19.9 Å². The summed E-state index contributed by atoms with van der Waals surface area (Å²) in [7, 11) is 0. The van der Waals surface area contributed by atoms with E-state index in [9.17, 15) is 14.7 Å². The van der Waals surface area contributed by atoms with E-state index in [0.717, 1.165) is 44.5 Å². The third kappa shape index (κ3) is 6.46. The van der Waals surface area contributed by atoms with Gasteiger partial charge in [0.15, 0.2) is 0 Å². The summed E-state index contributed by atoms with van der Waals surface area (Å²) in [6.07, 6.45) is 5.09. The van der Waals surface area contributed by atoms with Gasteiger partial charge < -0.3 is 30.1 Å². The van der Waals surface area contributed by atoms with Gasteiger partial charge in [-0.05, 0) is 57.7 Å². The second-order valence-corrected chi connectivity index (χ2v) is 8.16. The molecule has 2 fully saturated rings. The second-order valence-electron chi connectivity index (χ2n) is 8.16. The van der Waals surface area contributed by atoms with Gasteiger partial charge in [-0.2, -0.15) is 0 Å². The van der Waals surface area contributed by atoms with E-state index in [0.29, 0.717) is 31.9 Å². The van der Waals surface area contributed by atoms with E-state index in [2.05, 4.69) is 15.5 Å². The number of nitrogens with zero attached hydrogens (tertiary/aromatic N) is 1. The minimum absolute atomic E-state index is 0.0192. The molecule has 0 radical (unpaired) electrons. The second kappa shape index (κ2) is 11.9. The number of aromatic hydroxyl groups is 1. The van der Waals surface area contributed by atoms with Gasteiger partial charge in [0, 0.05) is 56.7 Å². The molecule has 0 saturated carbocycles. The first kappa shape index (κ1) is 24.1. The maximum Gasteiger partial charge on any atom is 0.256 e. The van der Waals surface area contributed by atoms with Crippen molar-refractivity contribution in [2.24, 2.45) is 0 Å². The fraction of sp³-hybridized carbons (Fsp3) is 0.583. The summed E-state index contributed by atoms with van der Waals surface area (Å²) in [5.41, 5.74) is 1.25. The van der Waals surface area contributed by atoms with Crippen LogP contribution < -0.4 is 15.5 Å². The molecule has 3 rings (SSSR count). The number of nitrogens with one attached hydrogen (secondary N) is 2. The van der Waals surface area contributed by atoms with Crippen LogP contribution in [0.5, 0.6) is 5.75 Å². The summed E-state index contributed by atoms with van der Waals surface area (Å²) in [6.45, 7) is 7.80. The quantitative estimate of drug-likeness (QED) is 0.290. The summed E-state index contributed by atoms with van der Waals surface area (Å²) in [5, 5.41) is 16.2. The van der Waals surface area contributed by atoms with E-state index < -0.39 is 11.8 Å². The fourth-order valence-electron chi connectivity index (χ4n) is 4.04. The number of carbonyl (C=O) groups excluding carboxylic acids is 2. The van der Waals surface area contributed by atoms with Crippen molar-refractivity contribution < 1.29 is 24.2 Å². The molecule has 0 aliphatic carbocycles. The van der Waals surface area contributed by atoms with Crippen molar-refractivity contribution in [2.45, 2.75) is 51.7 Å². The lowest BCUT2D eigenvalue weighted by molar-refractivity contribution is -0.124. The number of anilines is 1. The molecule has 2 aliphatic rings. The number of amides is 2. The van der Waals surface area contributed by atoms with Crippen LogP contribution in [-0.4, -0.2) is 68.5 Å². The molecule has 1 aromatic rings. The Balaban J connectivity index is 1.77. The summed E-state index contributed by atoms with van der Waals surface area (Å²) in [4.78, 5) is 27.9. The largest absolute Gasteiger partial charge is 0.507 e. The lowest BCUT2D eigenvalue weighted by atomic mass is 10.1. The zero-order valence-corrected chi connectivity index (χ0v) is 19.1. The first-order chi connectivity index (χ1) is 15.5. The van der Waals surface area contributed by atoms with Crippen LogP contribution in [0.3, 0.4) is 0 Å². The Morgan fingerprint density at radius 2 is 1.59 bits per heavy atom. The molecule has 2 heterocycles. The molecule has 176 valence electrons. The highest BCUT2D eigenvalue weighted by Crippen LogP contribution is 2.27. The minimum atomic E-state index is -0.488. The van der Waals surface area contributed by atoms with Gasteiger partial charge in [-0.25, -0.2) is 0 Å². The fourth-order valence-corrected chi connectivity index (χ4v) is 4.04. The van der Waals surface area contributed by atoms with Crippen LogP contribution in [0, 0.1) is 0 Å². The Labute approximate surface area is 190 Å². The Morgan fingerprint density at radius 3 is 2.03 bits per heavy atom. The highest BCUT2D eigenvalue weighted by Gasteiger charge is 2.24. The Hall–Kier alpha value is -2.58. The predicted octanol–water partition coefficient (Wildman–Crippen LogP) is 2.21. The highest BCUT2D eigenvalue weighted by atomic mass is 16.5. The maximum atomic E-state index is 12.9. The third-order valence-electron chi connectivity index (χ3n) is 5.96. The topological polar surface area (TPSA) is 100 Å². The summed E-state index contributed by atoms with van der Waals surface area (Å²) in [5.74, 6) is -0.958. The summed E-state index contributed by atoms with van der Waals surface area (Å²) >= 11 is 0. The van der Waals surface area contributed by atoms with E-state index in [-0.39, 0.29) is 23.5 Å². The van der Waals surface area contributed by atoms with Crippen molar-refractivity contribution in [3.63, 3.8) is 0 Å². The van der Waals surface area contributed by atoms with Crippen LogP contribution in [0.4, 0.5) is 5.69 Å². The third-order valence-corrected chi connectivity index (χ3v) is 5.96. The zero-order chi connectivity index (χ0) is 22.9. The highest BCUT2D eigenvalue weighted by molar-refractivity contribution is 6.21. The molecule has 2 unspecified atom stereocenters. The molecule has 0 bridgehead atoms. The average Bonchev–Trinajstić information content (AvgIpc) is 3.50. The van der Waals surface area contributed by atoms with Crippen molar-refractivity contribution in [1.82, 2.24) is 10.6 Å². The smallest absolute Gasteiger partial charge is 0.256 e. The maximum absolute atomic E-state index is 12.9. The first-order valence-electron chi connectivity index (χ1n) is 11.6. The molecule has 2 atom stereocenters. The van der Waals surface area contributed by atoms with Gasteiger partial charge in [0.05, 0.1) is 12.2 Å². The molecule has 0 spiro atoms. The number of carbonyl (C=O) groups is 2. The molecular formula is C24H35N3O5. The number of hydrogen-bond acceptors (Lipinski definition) is 6. The number of ether oxygens (including phenoxy) is 2. The van der Waals surface area contributed by atoms with Crippen molar-refractivity contribution in [1.29, 1.82) is 0 Å². The normalized spacial score (nSPS) is 20.1. The Kier molecular flexibility index (Phi) is 8.93. The van der Waals surface area contributed by atoms with Crippen LogP contribution >= 0.6 is 0 Å². The van der Waals surface area contributed by atoms with E-state index >= 15 is 0 Å². The van der Waals surface area contributed by atoms with Gasteiger partial charge in [-0.15, -0.1) is 0 Å². The molecule has 0 aromatic heterocycles. The van der Waals surface area contributed by atoms with Gasteiger partial charge in [-0.3, -0.25) is 9.59 Å². The first-order valence-corrected chi connectivity index (χ1v) is 11.6. The van der Waals surface area contributed by atoms with E-state index in [1.165, 1.54) is 6.08 Å². The number of phenols is 1. The Bertz CT molecular complexity index is 776. The molecule has 32 heavy (non-hydrogen) atoms. The van der Waals surface area contributed by atoms with Crippen molar-refractivity contribution in [3.8, 4) is 5.75 Å². The summed E-state index contributed by atoms with van der Waals surface area (Å²) < 4.78 is 11.1. The number of benzene rings is 1. The SMILES string of the molecule is CCN(CC)c1ccc(C=C(C(=O)NCC2CCCO2)C(=O)NCC2CCCO2)c(O)c1. The van der Waals surface area contributed by atoms with Crippen LogP contribution in [0.15, 0.2) is 23.8 Å². The number of rotatable bonds is 10. The van der Waals surface area contributed by atoms with Crippen molar-refractivity contribution in [3.05, 3.63) is 29.3 Å². The van der Waals surface area contributed by atoms with Crippen LogP contribution in [0.2, 0.25) is 0 Å². The van der Waals surface area contributed by atoms with E-state index in [4.69, 9.17) is 9.47 Å². The van der Waals surface area contributed by atoms with E-state index in [1.54, 1.807) is 12.1 Å². The van der Waals surface area contributed by atoms with Crippen LogP contribution in [-0.2, 0) is 19.1 Å². The molecular weight excluding hydrogens is 410 g/mol. The number of hydrogen-bond donors (Lipinski definition) is 3. The standard InChI is InChI=1S/C24H35N3O5/c1-3-27(4-2)18-10-9-17(22(28)14-18)13-21(23(29)25-15-19-7-5-11-31-19)24(30)26-16-20-8-6-12-32-20/h9-10,13-14,19-20,28H,3-8,11-12,15-16H2,1-2H3,(H,25,29)(H,26,30). The van der Waals surface area contributed by atoms with Crippen molar-refractivity contribution >= 4 is 23.6 Å². The van der Waals surface area contributed by atoms with Crippen molar-refractivity contribution in [2.75, 3.05) is 44.3 Å². The lowest BCUT2D eigenvalue weighted by Gasteiger charge is -2.21. The molecule has 2 saturated heterocycles. The minimum Gasteiger partial charge on any atom is -0.507 e. The molecule has 1 aromatic carbocycles. The lowest BCUT2D eigenvalue weighted by Crippen LogP contribution is -2.40.